The SMILES string of the molecule is COc1ccc(S(=O)(=O)N2CCC[C@@H](C(=O)NCCc3ccc(S(=O)(=O)N4CCCC4)cc3)C2)cc1. The first-order valence-electron chi connectivity index (χ1n) is 12.2. The van der Waals surface area contributed by atoms with E-state index in [0.29, 0.717) is 51.2 Å². The van der Waals surface area contributed by atoms with E-state index >= 15 is 0 Å². The molecule has 1 atom stereocenters. The third-order valence-electron chi connectivity index (χ3n) is 6.79. The number of amides is 1. The van der Waals surface area contributed by atoms with Crippen LogP contribution >= 0.6 is 0 Å². The maximum absolute atomic E-state index is 13.0. The predicted octanol–water partition coefficient (Wildman–Crippen LogP) is 2.24. The standard InChI is InChI=1S/C25H33N3O6S2/c1-34-22-8-12-24(13-9-22)36(32,33)28-18-4-5-21(19-28)25(29)26-15-14-20-6-10-23(11-7-20)35(30,31)27-16-2-3-17-27/h6-13,21H,2-5,14-19H2,1H3,(H,26,29)/t21-/m1/s1. The summed E-state index contributed by atoms with van der Waals surface area (Å²) in [5.74, 6) is -0.00896. The Bertz CT molecular complexity index is 1260. The highest BCUT2D eigenvalue weighted by atomic mass is 32.2. The van der Waals surface area contributed by atoms with Crippen LogP contribution in [0.3, 0.4) is 0 Å². The summed E-state index contributed by atoms with van der Waals surface area (Å²) in [4.78, 5) is 13.2. The van der Waals surface area contributed by atoms with Crippen molar-refractivity contribution < 1.29 is 26.4 Å². The average Bonchev–Trinajstić information content (AvgIpc) is 3.45. The molecule has 2 saturated heterocycles. The van der Waals surface area contributed by atoms with Gasteiger partial charge in [0.15, 0.2) is 0 Å². The van der Waals surface area contributed by atoms with Gasteiger partial charge in [-0.3, -0.25) is 4.79 Å². The van der Waals surface area contributed by atoms with Crippen molar-refractivity contribution in [2.24, 2.45) is 5.92 Å². The quantitative estimate of drug-likeness (QED) is 0.527. The molecule has 36 heavy (non-hydrogen) atoms. The zero-order chi connectivity index (χ0) is 25.8. The highest BCUT2D eigenvalue weighted by Gasteiger charge is 2.33. The van der Waals surface area contributed by atoms with Gasteiger partial charge in [0.05, 0.1) is 22.8 Å². The van der Waals surface area contributed by atoms with Crippen LogP contribution in [0.15, 0.2) is 58.3 Å². The smallest absolute Gasteiger partial charge is 0.243 e. The Morgan fingerprint density at radius 1 is 0.861 bits per heavy atom. The van der Waals surface area contributed by atoms with Gasteiger partial charge in [0, 0.05) is 32.7 Å². The van der Waals surface area contributed by atoms with Crippen LogP contribution in [0.4, 0.5) is 0 Å². The van der Waals surface area contributed by atoms with E-state index in [9.17, 15) is 21.6 Å². The van der Waals surface area contributed by atoms with Gasteiger partial charge in [-0.25, -0.2) is 16.8 Å². The lowest BCUT2D eigenvalue weighted by Crippen LogP contribution is -2.45. The number of nitrogens with one attached hydrogen (secondary N) is 1. The molecule has 0 aliphatic carbocycles. The molecular formula is C25H33N3O6S2. The van der Waals surface area contributed by atoms with Gasteiger partial charge < -0.3 is 10.1 Å². The molecule has 0 unspecified atom stereocenters. The molecule has 9 nitrogen and oxygen atoms in total. The van der Waals surface area contributed by atoms with Gasteiger partial charge in [-0.2, -0.15) is 8.61 Å². The Morgan fingerprint density at radius 3 is 2.03 bits per heavy atom. The first kappa shape index (κ1) is 26.6. The number of methoxy groups -OCH3 is 1. The fourth-order valence-electron chi connectivity index (χ4n) is 4.65. The van der Waals surface area contributed by atoms with Gasteiger partial charge in [0.1, 0.15) is 5.75 Å². The molecule has 1 amide bonds. The van der Waals surface area contributed by atoms with E-state index in [1.807, 2.05) is 0 Å². The molecule has 0 saturated carbocycles. The van der Waals surface area contributed by atoms with Gasteiger partial charge in [-0.1, -0.05) is 12.1 Å². The van der Waals surface area contributed by atoms with E-state index in [2.05, 4.69) is 5.32 Å². The number of hydrogen-bond acceptors (Lipinski definition) is 6. The predicted molar refractivity (Wildman–Crippen MR) is 136 cm³/mol. The maximum Gasteiger partial charge on any atom is 0.243 e. The summed E-state index contributed by atoms with van der Waals surface area (Å²) in [6.07, 6.45) is 3.58. The minimum Gasteiger partial charge on any atom is -0.497 e. The Labute approximate surface area is 213 Å². The lowest BCUT2D eigenvalue weighted by Gasteiger charge is -2.31. The van der Waals surface area contributed by atoms with Crippen LogP contribution in [0.5, 0.6) is 5.75 Å². The fourth-order valence-corrected chi connectivity index (χ4v) is 7.69. The Balaban J connectivity index is 1.29. The number of nitrogens with zero attached hydrogens (tertiary/aromatic N) is 2. The Morgan fingerprint density at radius 2 is 1.42 bits per heavy atom. The number of sulfonamides is 2. The minimum absolute atomic E-state index is 0.142. The van der Waals surface area contributed by atoms with E-state index in [1.54, 1.807) is 36.4 Å². The molecule has 11 heteroatoms. The van der Waals surface area contributed by atoms with Crippen molar-refractivity contribution >= 4 is 26.0 Å². The summed E-state index contributed by atoms with van der Waals surface area (Å²) in [5.41, 5.74) is 0.919. The van der Waals surface area contributed by atoms with Crippen molar-refractivity contribution in [1.29, 1.82) is 0 Å². The van der Waals surface area contributed by atoms with Crippen molar-refractivity contribution in [3.63, 3.8) is 0 Å². The summed E-state index contributed by atoms with van der Waals surface area (Å²) in [6.45, 7) is 2.04. The van der Waals surface area contributed by atoms with Crippen molar-refractivity contribution in [3.8, 4) is 5.75 Å². The lowest BCUT2D eigenvalue weighted by atomic mass is 9.99. The maximum atomic E-state index is 13.0. The Kier molecular flexibility index (Phi) is 8.34. The molecule has 0 bridgehead atoms. The fraction of sp³-hybridized carbons (Fsp3) is 0.480. The lowest BCUT2D eigenvalue weighted by molar-refractivity contribution is -0.126. The number of rotatable bonds is 9. The van der Waals surface area contributed by atoms with Crippen LogP contribution in [0.2, 0.25) is 0 Å². The van der Waals surface area contributed by atoms with E-state index < -0.39 is 26.0 Å². The van der Waals surface area contributed by atoms with Gasteiger partial charge in [0.25, 0.3) is 0 Å². The highest BCUT2D eigenvalue weighted by molar-refractivity contribution is 7.89. The van der Waals surface area contributed by atoms with E-state index in [-0.39, 0.29) is 22.2 Å². The van der Waals surface area contributed by atoms with Crippen molar-refractivity contribution in [2.45, 2.75) is 41.9 Å². The van der Waals surface area contributed by atoms with Crippen molar-refractivity contribution in [3.05, 3.63) is 54.1 Å². The second-order valence-corrected chi connectivity index (χ2v) is 13.0. The molecule has 2 aromatic rings. The second kappa shape index (κ2) is 11.3. The van der Waals surface area contributed by atoms with Crippen LogP contribution in [0, 0.1) is 5.92 Å². The Hall–Kier alpha value is -2.47. The molecule has 2 fully saturated rings. The van der Waals surface area contributed by atoms with Gasteiger partial charge >= 0.3 is 0 Å². The van der Waals surface area contributed by atoms with Gasteiger partial charge in [-0.15, -0.1) is 0 Å². The number of carbonyl (C=O) groups excluding carboxylic acids is 1. The molecule has 0 spiro atoms. The van der Waals surface area contributed by atoms with Crippen molar-refractivity contribution in [2.75, 3.05) is 39.8 Å². The largest absolute Gasteiger partial charge is 0.497 e. The number of hydrogen-bond donors (Lipinski definition) is 1. The van der Waals surface area contributed by atoms with E-state index in [4.69, 9.17) is 4.74 Å². The first-order valence-corrected chi connectivity index (χ1v) is 15.1. The number of carbonyl (C=O) groups is 1. The van der Waals surface area contributed by atoms with Crippen molar-refractivity contribution in [1.82, 2.24) is 13.9 Å². The number of ether oxygens (including phenoxy) is 1. The first-order chi connectivity index (χ1) is 17.2. The van der Waals surface area contributed by atoms with Gasteiger partial charge in [0.2, 0.25) is 26.0 Å². The zero-order valence-corrected chi connectivity index (χ0v) is 22.1. The van der Waals surface area contributed by atoms with Crippen LogP contribution in [-0.4, -0.2) is 71.2 Å². The molecule has 1 N–H and O–H groups in total. The molecule has 2 heterocycles. The normalized spacial score (nSPS) is 19.8. The third kappa shape index (κ3) is 5.91. The minimum atomic E-state index is -3.69. The summed E-state index contributed by atoms with van der Waals surface area (Å²) in [6, 6.07) is 13.0. The molecule has 0 radical (unpaired) electrons. The second-order valence-electron chi connectivity index (χ2n) is 9.17. The van der Waals surface area contributed by atoms with Crippen LogP contribution in [0.1, 0.15) is 31.2 Å². The average molecular weight is 536 g/mol. The third-order valence-corrected chi connectivity index (χ3v) is 10.6. The van der Waals surface area contributed by atoms with E-state index in [1.165, 1.54) is 27.9 Å². The topological polar surface area (TPSA) is 113 Å². The van der Waals surface area contributed by atoms with Gasteiger partial charge in [-0.05, 0) is 74.1 Å². The highest BCUT2D eigenvalue weighted by Crippen LogP contribution is 2.25. The van der Waals surface area contributed by atoms with Crippen LogP contribution in [-0.2, 0) is 31.3 Å². The molecule has 0 aromatic heterocycles. The zero-order valence-electron chi connectivity index (χ0n) is 20.4. The summed E-state index contributed by atoms with van der Waals surface area (Å²) < 4.78 is 59.4. The molecule has 2 aliphatic heterocycles. The van der Waals surface area contributed by atoms with Crippen LogP contribution < -0.4 is 10.1 Å². The molecule has 196 valence electrons. The van der Waals surface area contributed by atoms with E-state index in [0.717, 1.165) is 18.4 Å². The molecular weight excluding hydrogens is 502 g/mol. The monoisotopic (exact) mass is 535 g/mol. The number of piperidine rings is 1. The van der Waals surface area contributed by atoms with Crippen LogP contribution in [0.25, 0.3) is 0 Å². The molecule has 4 rings (SSSR count). The molecule has 2 aliphatic rings. The summed E-state index contributed by atoms with van der Waals surface area (Å²) >= 11 is 0. The summed E-state index contributed by atoms with van der Waals surface area (Å²) in [7, 11) is -5.62. The number of benzene rings is 2. The summed E-state index contributed by atoms with van der Waals surface area (Å²) in [5, 5.41) is 2.91. The molecule has 2 aromatic carbocycles.